The van der Waals surface area contributed by atoms with E-state index in [1.807, 2.05) is 20.8 Å². The Morgan fingerprint density at radius 3 is 1.89 bits per heavy atom. The van der Waals surface area contributed by atoms with Gasteiger partial charge >= 0.3 is 12.1 Å². The van der Waals surface area contributed by atoms with E-state index < -0.39 is 29.9 Å². The standard InChI is InChI=1S/C26H32N2O6S2/c1-5-16(3)15-28(26(33)34)24(30)19-12-8-10-14-21(19)36-35-20-13-9-7-11-18(20)23(29)27-22(25(31)32)17(4)6-2/h7-14,16-17,22H,5-6,15H2,1-4H3,(H,27,29)(H,31,32)(H,33,34). The Bertz CT molecular complexity index is 1090. The molecule has 0 saturated heterocycles. The van der Waals surface area contributed by atoms with Crippen LogP contribution in [0.1, 0.15) is 61.3 Å². The lowest BCUT2D eigenvalue weighted by molar-refractivity contribution is -0.140. The maximum atomic E-state index is 13.1. The number of hydrogen-bond donors (Lipinski definition) is 3. The van der Waals surface area contributed by atoms with E-state index in [-0.39, 0.29) is 23.9 Å². The molecule has 0 aliphatic rings. The van der Waals surface area contributed by atoms with Gasteiger partial charge in [-0.05, 0) is 36.1 Å². The summed E-state index contributed by atoms with van der Waals surface area (Å²) in [5, 5.41) is 21.8. The Kier molecular flexibility index (Phi) is 11.3. The summed E-state index contributed by atoms with van der Waals surface area (Å²) in [7, 11) is 2.47. The van der Waals surface area contributed by atoms with Crippen LogP contribution in [-0.4, -0.2) is 51.6 Å². The topological polar surface area (TPSA) is 124 Å². The highest BCUT2D eigenvalue weighted by Crippen LogP contribution is 2.40. The normalized spacial score (nSPS) is 13.3. The number of carboxylic acids is 1. The molecule has 3 unspecified atom stereocenters. The predicted molar refractivity (Wildman–Crippen MR) is 141 cm³/mol. The van der Waals surface area contributed by atoms with Crippen LogP contribution in [0.15, 0.2) is 58.3 Å². The third-order valence-corrected chi connectivity index (χ3v) is 8.39. The van der Waals surface area contributed by atoms with Crippen LogP contribution >= 0.6 is 21.6 Å². The Balaban J connectivity index is 2.26. The third kappa shape index (κ3) is 7.76. The minimum Gasteiger partial charge on any atom is -0.480 e. The molecule has 3 atom stereocenters. The largest absolute Gasteiger partial charge is 0.480 e. The number of benzene rings is 2. The SMILES string of the molecule is CCC(C)CN(C(=O)O)C(=O)c1ccccc1SSc1ccccc1C(=O)NC(C(=O)O)C(C)CC. The first-order valence-corrected chi connectivity index (χ1v) is 13.9. The summed E-state index contributed by atoms with van der Waals surface area (Å²) in [6.45, 7) is 7.55. The third-order valence-electron chi connectivity index (χ3n) is 5.90. The highest BCUT2D eigenvalue weighted by atomic mass is 33.1. The van der Waals surface area contributed by atoms with Gasteiger partial charge in [-0.25, -0.2) is 14.5 Å². The quantitative estimate of drug-likeness (QED) is 0.290. The van der Waals surface area contributed by atoms with Crippen molar-refractivity contribution in [1.82, 2.24) is 10.2 Å². The second-order valence-corrected chi connectivity index (χ2v) is 10.8. The second-order valence-electron chi connectivity index (χ2n) is 8.55. The summed E-state index contributed by atoms with van der Waals surface area (Å²) in [5.74, 6) is -2.41. The number of hydrogen-bond acceptors (Lipinski definition) is 6. The molecule has 10 heteroatoms. The van der Waals surface area contributed by atoms with Gasteiger partial charge in [0.2, 0.25) is 0 Å². The van der Waals surface area contributed by atoms with Crippen molar-refractivity contribution in [2.75, 3.05) is 6.54 Å². The molecule has 0 aliphatic carbocycles. The van der Waals surface area contributed by atoms with E-state index in [0.717, 1.165) is 11.3 Å². The zero-order valence-electron chi connectivity index (χ0n) is 20.8. The van der Waals surface area contributed by atoms with E-state index in [1.54, 1.807) is 55.5 Å². The van der Waals surface area contributed by atoms with Gasteiger partial charge in [-0.1, -0.05) is 86.4 Å². The molecule has 2 aromatic carbocycles. The minimum absolute atomic E-state index is 0.0229. The molecular weight excluding hydrogens is 500 g/mol. The first-order valence-electron chi connectivity index (χ1n) is 11.7. The van der Waals surface area contributed by atoms with Crippen molar-refractivity contribution in [3.63, 3.8) is 0 Å². The number of nitrogens with one attached hydrogen (secondary N) is 1. The van der Waals surface area contributed by atoms with Crippen LogP contribution in [0.5, 0.6) is 0 Å². The van der Waals surface area contributed by atoms with E-state index >= 15 is 0 Å². The van der Waals surface area contributed by atoms with Crippen molar-refractivity contribution in [2.45, 2.75) is 56.4 Å². The average Bonchev–Trinajstić information content (AvgIpc) is 2.87. The molecule has 3 N–H and O–H groups in total. The predicted octanol–water partition coefficient (Wildman–Crippen LogP) is 5.88. The molecule has 0 spiro atoms. The molecule has 0 heterocycles. The smallest absolute Gasteiger partial charge is 0.414 e. The molecule has 0 radical (unpaired) electrons. The molecular formula is C26H32N2O6S2. The van der Waals surface area contributed by atoms with Gasteiger partial charge in [0, 0.05) is 16.3 Å². The van der Waals surface area contributed by atoms with Crippen LogP contribution in [0.4, 0.5) is 4.79 Å². The van der Waals surface area contributed by atoms with Gasteiger partial charge in [0.25, 0.3) is 11.8 Å². The number of rotatable bonds is 12. The van der Waals surface area contributed by atoms with Gasteiger partial charge in [-0.2, -0.15) is 0 Å². The second kappa shape index (κ2) is 13.9. The van der Waals surface area contributed by atoms with Crippen LogP contribution in [-0.2, 0) is 4.79 Å². The lowest BCUT2D eigenvalue weighted by Gasteiger charge is -2.22. The molecule has 3 amide bonds. The van der Waals surface area contributed by atoms with Gasteiger partial charge in [0.15, 0.2) is 0 Å². The molecule has 0 aromatic heterocycles. The first kappa shape index (κ1) is 29.3. The van der Waals surface area contributed by atoms with Gasteiger partial charge in [-0.15, -0.1) is 0 Å². The van der Waals surface area contributed by atoms with Crippen molar-refractivity contribution >= 4 is 45.5 Å². The Labute approximate surface area is 219 Å². The fraction of sp³-hybridized carbons (Fsp3) is 0.385. The number of aliphatic carboxylic acids is 1. The van der Waals surface area contributed by atoms with Crippen molar-refractivity contribution < 1.29 is 29.4 Å². The number of imide groups is 1. The highest BCUT2D eigenvalue weighted by Gasteiger charge is 2.28. The van der Waals surface area contributed by atoms with Crippen LogP contribution in [0.3, 0.4) is 0 Å². The fourth-order valence-corrected chi connectivity index (χ4v) is 5.62. The Hall–Kier alpha value is -2.98. The Morgan fingerprint density at radius 2 is 1.39 bits per heavy atom. The Morgan fingerprint density at radius 1 is 0.861 bits per heavy atom. The van der Waals surface area contributed by atoms with Crippen LogP contribution in [0.2, 0.25) is 0 Å². The molecule has 36 heavy (non-hydrogen) atoms. The monoisotopic (exact) mass is 532 g/mol. The number of amides is 3. The highest BCUT2D eigenvalue weighted by molar-refractivity contribution is 8.76. The van der Waals surface area contributed by atoms with Crippen LogP contribution in [0, 0.1) is 11.8 Å². The van der Waals surface area contributed by atoms with Gasteiger partial charge in [0.05, 0.1) is 11.1 Å². The lowest BCUT2D eigenvalue weighted by atomic mass is 9.99. The van der Waals surface area contributed by atoms with Crippen molar-refractivity contribution in [2.24, 2.45) is 11.8 Å². The maximum Gasteiger partial charge on any atom is 0.414 e. The molecule has 8 nitrogen and oxygen atoms in total. The molecule has 0 aliphatic heterocycles. The summed E-state index contributed by atoms with van der Waals surface area (Å²) in [4.78, 5) is 51.5. The fourth-order valence-electron chi connectivity index (χ4n) is 3.27. The van der Waals surface area contributed by atoms with E-state index in [1.165, 1.54) is 21.6 Å². The van der Waals surface area contributed by atoms with Gasteiger partial charge < -0.3 is 15.5 Å². The zero-order valence-corrected chi connectivity index (χ0v) is 22.4. The molecule has 0 saturated carbocycles. The number of carboxylic acid groups (broad SMARTS) is 2. The van der Waals surface area contributed by atoms with Crippen LogP contribution in [0.25, 0.3) is 0 Å². The van der Waals surface area contributed by atoms with Crippen molar-refractivity contribution in [1.29, 1.82) is 0 Å². The van der Waals surface area contributed by atoms with Crippen molar-refractivity contribution in [3.8, 4) is 0 Å². The zero-order chi connectivity index (χ0) is 26.8. The summed E-state index contributed by atoms with van der Waals surface area (Å²) >= 11 is 0. The van der Waals surface area contributed by atoms with E-state index in [4.69, 9.17) is 0 Å². The molecule has 2 aromatic rings. The summed E-state index contributed by atoms with van der Waals surface area (Å²) in [6.07, 6.45) is 0.0322. The molecule has 194 valence electrons. The van der Waals surface area contributed by atoms with Crippen LogP contribution < -0.4 is 5.32 Å². The summed E-state index contributed by atoms with van der Waals surface area (Å²) in [5.41, 5.74) is 0.572. The summed E-state index contributed by atoms with van der Waals surface area (Å²) in [6, 6.07) is 12.5. The molecule has 2 rings (SSSR count). The van der Waals surface area contributed by atoms with Crippen molar-refractivity contribution in [3.05, 3.63) is 59.7 Å². The molecule has 0 fully saturated rings. The number of carbonyl (C=O) groups excluding carboxylic acids is 2. The van der Waals surface area contributed by atoms with E-state index in [2.05, 4.69) is 5.32 Å². The first-order chi connectivity index (χ1) is 17.1. The van der Waals surface area contributed by atoms with Gasteiger partial charge in [-0.3, -0.25) is 9.59 Å². The maximum absolute atomic E-state index is 13.1. The van der Waals surface area contributed by atoms with Gasteiger partial charge in [0.1, 0.15) is 6.04 Å². The summed E-state index contributed by atoms with van der Waals surface area (Å²) < 4.78 is 0. The number of carbonyl (C=O) groups is 4. The van der Waals surface area contributed by atoms with E-state index in [0.29, 0.717) is 21.8 Å². The number of nitrogens with zero attached hydrogens (tertiary/aromatic N) is 1. The van der Waals surface area contributed by atoms with E-state index in [9.17, 15) is 29.4 Å². The molecule has 0 bridgehead atoms. The minimum atomic E-state index is -1.30. The lowest BCUT2D eigenvalue weighted by Crippen LogP contribution is -2.45. The average molecular weight is 533 g/mol.